The predicted octanol–water partition coefficient (Wildman–Crippen LogP) is 5.41. The third-order valence-corrected chi connectivity index (χ3v) is 9.56. The highest BCUT2D eigenvalue weighted by Gasteiger charge is 2.37. The van der Waals surface area contributed by atoms with Gasteiger partial charge in [0.1, 0.15) is 17.6 Å². The Labute approximate surface area is 281 Å². The number of fused-ring (bicyclic) bond motifs is 4. The number of rotatable bonds is 15. The Kier molecular flexibility index (Phi) is 11.3. The Hall–Kier alpha value is -4.38. The summed E-state index contributed by atoms with van der Waals surface area (Å²) in [4.78, 5) is 29.8. The highest BCUT2D eigenvalue weighted by atomic mass is 16.6. The lowest BCUT2D eigenvalue weighted by atomic mass is 9.86. The lowest BCUT2D eigenvalue weighted by Crippen LogP contribution is -2.52. The molecule has 3 aromatic carbocycles. The van der Waals surface area contributed by atoms with E-state index in [-0.39, 0.29) is 29.5 Å². The number of benzene rings is 3. The molecule has 10 nitrogen and oxygen atoms in total. The van der Waals surface area contributed by atoms with E-state index < -0.39 is 6.10 Å². The number of nitrogens with one attached hydrogen (secondary N) is 3. The average molecular weight is 655 g/mol. The van der Waals surface area contributed by atoms with Crippen LogP contribution in [0.15, 0.2) is 83.7 Å². The van der Waals surface area contributed by atoms with E-state index in [1.807, 2.05) is 54.6 Å². The number of aliphatic hydroxyl groups is 1. The molecule has 0 radical (unpaired) electrons. The van der Waals surface area contributed by atoms with E-state index in [9.17, 15) is 19.8 Å². The maximum Gasteiger partial charge on any atom is 0.408 e. The minimum Gasteiger partial charge on any atom is -0.506 e. The number of amides is 1. The average Bonchev–Trinajstić information content (AvgIpc) is 3.11. The Morgan fingerprint density at radius 1 is 0.938 bits per heavy atom. The van der Waals surface area contributed by atoms with Crippen LogP contribution in [0.5, 0.6) is 11.5 Å². The SMILES string of the molecule is O=C(N[C@H](c1ccccc1)c1cccc(OCCCCCCNC[C@H](O)c2ccc(O)c3[nH]c(=O)ccc23)c1)O[C@H]1CN2CCC1CC2. The Morgan fingerprint density at radius 3 is 2.52 bits per heavy atom. The summed E-state index contributed by atoms with van der Waals surface area (Å²) in [5, 5.41) is 27.9. The molecule has 48 heavy (non-hydrogen) atoms. The second-order valence-electron chi connectivity index (χ2n) is 12.9. The number of phenols is 1. The van der Waals surface area contributed by atoms with Crippen molar-refractivity contribution in [3.8, 4) is 11.5 Å². The van der Waals surface area contributed by atoms with Crippen molar-refractivity contribution in [2.45, 2.75) is 56.8 Å². The van der Waals surface area contributed by atoms with Crippen molar-refractivity contribution < 1.29 is 24.5 Å². The number of hydrogen-bond donors (Lipinski definition) is 5. The maximum atomic E-state index is 13.1. The van der Waals surface area contributed by atoms with E-state index in [1.54, 1.807) is 12.1 Å². The summed E-state index contributed by atoms with van der Waals surface area (Å²) in [5.41, 5.74) is 2.60. The largest absolute Gasteiger partial charge is 0.506 e. The second kappa shape index (κ2) is 16.1. The predicted molar refractivity (Wildman–Crippen MR) is 185 cm³/mol. The summed E-state index contributed by atoms with van der Waals surface area (Å²) in [5.74, 6) is 1.19. The van der Waals surface area contributed by atoms with Gasteiger partial charge in [-0.05, 0) is 92.2 Å². The van der Waals surface area contributed by atoms with Gasteiger partial charge in [-0.25, -0.2) is 4.79 Å². The fourth-order valence-electron chi connectivity index (χ4n) is 6.92. The smallest absolute Gasteiger partial charge is 0.408 e. The molecule has 2 bridgehead atoms. The number of alkyl carbamates (subject to hydrolysis) is 1. The van der Waals surface area contributed by atoms with Gasteiger partial charge < -0.3 is 35.3 Å². The van der Waals surface area contributed by atoms with Crippen molar-refractivity contribution in [2.75, 3.05) is 39.3 Å². The van der Waals surface area contributed by atoms with Crippen molar-refractivity contribution >= 4 is 17.0 Å². The van der Waals surface area contributed by atoms with Crippen LogP contribution in [0.25, 0.3) is 10.9 Å². The normalized spacial score (nSPS) is 19.9. The number of carbonyl (C=O) groups is 1. The molecule has 7 rings (SSSR count). The molecular weight excluding hydrogens is 608 g/mol. The Balaban J connectivity index is 0.927. The third kappa shape index (κ3) is 8.55. The molecule has 3 aliphatic rings. The molecule has 3 aliphatic heterocycles. The summed E-state index contributed by atoms with van der Waals surface area (Å²) in [6.45, 7) is 4.75. The molecule has 4 heterocycles. The molecule has 3 saturated heterocycles. The standard InChI is InChI=1S/C38H46N4O6/c43-32-15-13-30(31-14-16-35(45)40-37(31)32)33(44)24-39-19-6-1-2-7-22-47-29-12-8-11-28(23-29)36(27-9-4-3-5-10-27)41-38(46)48-34-25-42-20-17-26(34)18-21-42/h3-5,8-16,23,26,33-34,36,39,43-44H,1-2,6-7,17-22,24-25H2,(H,40,45)(H,41,46)/t33-,34-,36+/m0/s1. The molecule has 0 unspecified atom stereocenters. The molecular formula is C38H46N4O6. The minimum absolute atomic E-state index is 0.0201. The molecule has 5 N–H and O–H groups in total. The minimum atomic E-state index is -0.768. The van der Waals surface area contributed by atoms with Crippen molar-refractivity contribution in [3.05, 3.63) is 106 Å². The number of pyridine rings is 1. The van der Waals surface area contributed by atoms with Crippen molar-refractivity contribution in [1.29, 1.82) is 0 Å². The first-order valence-electron chi connectivity index (χ1n) is 17.2. The molecule has 3 fully saturated rings. The first kappa shape index (κ1) is 33.5. The zero-order valence-electron chi connectivity index (χ0n) is 27.3. The second-order valence-corrected chi connectivity index (χ2v) is 12.9. The molecule has 1 aromatic heterocycles. The van der Waals surface area contributed by atoms with Crippen LogP contribution in [-0.4, -0.2) is 71.6 Å². The topological polar surface area (TPSA) is 136 Å². The van der Waals surface area contributed by atoms with E-state index in [0.717, 1.165) is 81.6 Å². The van der Waals surface area contributed by atoms with Gasteiger partial charge in [-0.1, -0.05) is 61.4 Å². The number of unbranched alkanes of at least 4 members (excludes halogenated alkanes) is 3. The number of ether oxygens (including phenoxy) is 2. The number of H-pyrrole nitrogens is 1. The monoisotopic (exact) mass is 654 g/mol. The zero-order valence-corrected chi connectivity index (χ0v) is 27.3. The van der Waals surface area contributed by atoms with Crippen molar-refractivity contribution in [3.63, 3.8) is 0 Å². The molecule has 4 aromatic rings. The molecule has 0 saturated carbocycles. The third-order valence-electron chi connectivity index (χ3n) is 9.56. The van der Waals surface area contributed by atoms with Crippen LogP contribution in [0.3, 0.4) is 0 Å². The zero-order chi connectivity index (χ0) is 33.3. The van der Waals surface area contributed by atoms with Gasteiger partial charge in [0, 0.05) is 24.5 Å². The van der Waals surface area contributed by atoms with Gasteiger partial charge in [-0.15, -0.1) is 0 Å². The van der Waals surface area contributed by atoms with Gasteiger partial charge in [0.15, 0.2) is 0 Å². The van der Waals surface area contributed by atoms with Gasteiger partial charge in [0.25, 0.3) is 0 Å². The summed E-state index contributed by atoms with van der Waals surface area (Å²) in [7, 11) is 0. The van der Waals surface area contributed by atoms with Crippen molar-refractivity contribution in [2.24, 2.45) is 5.92 Å². The summed E-state index contributed by atoms with van der Waals surface area (Å²) < 4.78 is 12.1. The summed E-state index contributed by atoms with van der Waals surface area (Å²) in [6.07, 6.45) is 4.89. The first-order chi connectivity index (χ1) is 23.4. The van der Waals surface area contributed by atoms with E-state index in [0.29, 0.717) is 35.5 Å². The van der Waals surface area contributed by atoms with Crippen LogP contribution in [0.1, 0.15) is 67.4 Å². The number of aromatic nitrogens is 1. The lowest BCUT2D eigenvalue weighted by molar-refractivity contribution is -0.0336. The summed E-state index contributed by atoms with van der Waals surface area (Å²) >= 11 is 0. The van der Waals surface area contributed by atoms with Crippen LogP contribution in [0, 0.1) is 5.92 Å². The molecule has 10 heteroatoms. The van der Waals surface area contributed by atoms with Gasteiger partial charge in [-0.2, -0.15) is 0 Å². The molecule has 0 aliphatic carbocycles. The molecule has 0 spiro atoms. The number of aromatic amines is 1. The van der Waals surface area contributed by atoms with Crippen LogP contribution in [0.2, 0.25) is 0 Å². The fourth-order valence-corrected chi connectivity index (χ4v) is 6.92. The number of aromatic hydroxyl groups is 1. The number of carbonyl (C=O) groups excluding carboxylic acids is 1. The molecule has 1 amide bonds. The molecule has 3 atom stereocenters. The molecule has 254 valence electrons. The van der Waals surface area contributed by atoms with Gasteiger partial charge in [0.2, 0.25) is 5.56 Å². The van der Waals surface area contributed by atoms with Crippen LogP contribution >= 0.6 is 0 Å². The Bertz CT molecular complexity index is 1700. The van der Waals surface area contributed by atoms with E-state index in [4.69, 9.17) is 9.47 Å². The van der Waals surface area contributed by atoms with E-state index in [2.05, 4.69) is 20.5 Å². The van der Waals surface area contributed by atoms with E-state index >= 15 is 0 Å². The quantitative estimate of drug-likeness (QED) is 0.108. The van der Waals surface area contributed by atoms with Crippen molar-refractivity contribution in [1.82, 2.24) is 20.5 Å². The number of phenolic OH excluding ortho intramolecular Hbond substituents is 1. The highest BCUT2D eigenvalue weighted by molar-refractivity contribution is 5.87. The summed E-state index contributed by atoms with van der Waals surface area (Å²) in [6, 6.07) is 23.7. The van der Waals surface area contributed by atoms with Crippen LogP contribution in [-0.2, 0) is 4.74 Å². The first-order valence-corrected chi connectivity index (χ1v) is 17.2. The van der Waals surface area contributed by atoms with Crippen LogP contribution < -0.4 is 20.9 Å². The fraction of sp³-hybridized carbons (Fsp3) is 0.421. The number of nitrogens with zero attached hydrogens (tertiary/aromatic N) is 1. The number of hydrogen-bond acceptors (Lipinski definition) is 8. The maximum absolute atomic E-state index is 13.1. The Morgan fingerprint density at radius 2 is 1.73 bits per heavy atom. The van der Waals surface area contributed by atoms with Gasteiger partial charge in [0.05, 0.1) is 24.3 Å². The van der Waals surface area contributed by atoms with Crippen LogP contribution in [0.4, 0.5) is 4.79 Å². The van der Waals surface area contributed by atoms with Gasteiger partial charge in [-0.3, -0.25) is 9.69 Å². The number of piperidine rings is 3. The van der Waals surface area contributed by atoms with E-state index in [1.165, 1.54) is 12.1 Å². The van der Waals surface area contributed by atoms with Gasteiger partial charge >= 0.3 is 6.09 Å². The lowest BCUT2D eigenvalue weighted by Gasteiger charge is -2.43. The highest BCUT2D eigenvalue weighted by Crippen LogP contribution is 2.31. The number of aliphatic hydroxyl groups excluding tert-OH is 1.